The van der Waals surface area contributed by atoms with Crippen molar-refractivity contribution in [2.24, 2.45) is 0 Å². The van der Waals surface area contributed by atoms with E-state index in [0.29, 0.717) is 5.02 Å². The van der Waals surface area contributed by atoms with Crippen molar-refractivity contribution >= 4 is 23.2 Å². The summed E-state index contributed by atoms with van der Waals surface area (Å²) in [7, 11) is 0. The quantitative estimate of drug-likeness (QED) is 0.855. The molecule has 0 saturated carbocycles. The van der Waals surface area contributed by atoms with E-state index in [9.17, 15) is 13.9 Å². The van der Waals surface area contributed by atoms with E-state index in [1.165, 1.54) is 31.2 Å². The summed E-state index contributed by atoms with van der Waals surface area (Å²) in [6, 6.07) is 6.76. The molecule has 0 aliphatic carbocycles. The Balaban J connectivity index is 2.52. The lowest BCUT2D eigenvalue weighted by atomic mass is 9.98. The zero-order valence-corrected chi connectivity index (χ0v) is 11.4. The highest BCUT2D eigenvalue weighted by Crippen LogP contribution is 2.31. The van der Waals surface area contributed by atoms with E-state index >= 15 is 0 Å². The van der Waals surface area contributed by atoms with Crippen molar-refractivity contribution in [2.45, 2.75) is 13.0 Å². The lowest BCUT2D eigenvalue weighted by molar-refractivity contribution is 0.209. The van der Waals surface area contributed by atoms with E-state index in [4.69, 9.17) is 23.2 Å². The molecular weight excluding hydrogens is 293 g/mol. The Morgan fingerprint density at radius 1 is 1.05 bits per heavy atom. The first-order chi connectivity index (χ1) is 8.91. The molecule has 0 aliphatic rings. The van der Waals surface area contributed by atoms with Crippen LogP contribution in [0.4, 0.5) is 8.78 Å². The first-order valence-corrected chi connectivity index (χ1v) is 6.25. The van der Waals surface area contributed by atoms with Crippen molar-refractivity contribution in [3.63, 3.8) is 0 Å². The van der Waals surface area contributed by atoms with Crippen LogP contribution in [0.25, 0.3) is 0 Å². The molecule has 1 atom stereocenters. The minimum absolute atomic E-state index is 0.215. The van der Waals surface area contributed by atoms with E-state index in [1.54, 1.807) is 0 Å². The predicted octanol–water partition coefficient (Wildman–Crippen LogP) is 4.66. The molecule has 0 heterocycles. The normalized spacial score (nSPS) is 12.5. The van der Waals surface area contributed by atoms with E-state index in [0.717, 1.165) is 6.07 Å². The van der Waals surface area contributed by atoms with Crippen LogP contribution >= 0.6 is 23.2 Å². The molecule has 5 heteroatoms. The van der Waals surface area contributed by atoms with Gasteiger partial charge in [-0.1, -0.05) is 35.3 Å². The molecule has 0 spiro atoms. The topological polar surface area (TPSA) is 20.2 Å². The van der Waals surface area contributed by atoms with Crippen molar-refractivity contribution in [1.82, 2.24) is 0 Å². The molecule has 1 N–H and O–H groups in total. The van der Waals surface area contributed by atoms with Gasteiger partial charge in [-0.3, -0.25) is 0 Å². The van der Waals surface area contributed by atoms with E-state index in [-0.39, 0.29) is 16.1 Å². The van der Waals surface area contributed by atoms with Crippen LogP contribution in [0.2, 0.25) is 10.0 Å². The fourth-order valence-electron chi connectivity index (χ4n) is 1.78. The highest BCUT2D eigenvalue weighted by atomic mass is 35.5. The number of aliphatic hydroxyl groups excluding tert-OH is 1. The monoisotopic (exact) mass is 302 g/mol. The number of benzene rings is 2. The summed E-state index contributed by atoms with van der Waals surface area (Å²) in [5, 5.41) is 10.6. The summed E-state index contributed by atoms with van der Waals surface area (Å²) in [4.78, 5) is 0. The van der Waals surface area contributed by atoms with Crippen molar-refractivity contribution in [1.29, 1.82) is 0 Å². The number of rotatable bonds is 2. The predicted molar refractivity (Wildman–Crippen MR) is 71.6 cm³/mol. The van der Waals surface area contributed by atoms with Crippen LogP contribution in [-0.2, 0) is 0 Å². The van der Waals surface area contributed by atoms with Gasteiger partial charge >= 0.3 is 0 Å². The van der Waals surface area contributed by atoms with Gasteiger partial charge in [-0.15, -0.1) is 0 Å². The maximum absolute atomic E-state index is 13.9. The number of hydrogen-bond donors (Lipinski definition) is 1. The summed E-state index contributed by atoms with van der Waals surface area (Å²) >= 11 is 11.6. The molecule has 0 bridgehead atoms. The molecular formula is C14H10Cl2F2O. The van der Waals surface area contributed by atoms with Crippen LogP contribution in [0.3, 0.4) is 0 Å². The van der Waals surface area contributed by atoms with Crippen LogP contribution < -0.4 is 0 Å². The number of aliphatic hydroxyl groups is 1. The fourth-order valence-corrected chi connectivity index (χ4v) is 2.08. The molecule has 1 nitrogen and oxygen atoms in total. The van der Waals surface area contributed by atoms with Crippen molar-refractivity contribution in [3.05, 3.63) is 68.7 Å². The summed E-state index contributed by atoms with van der Waals surface area (Å²) < 4.78 is 27.6. The molecule has 1 unspecified atom stereocenters. The third-order valence-electron chi connectivity index (χ3n) is 2.85. The van der Waals surface area contributed by atoms with Gasteiger partial charge in [-0.05, 0) is 36.2 Å². The molecule has 0 amide bonds. The third-order valence-corrected chi connectivity index (χ3v) is 3.59. The second-order valence-electron chi connectivity index (χ2n) is 4.17. The standard InChI is InChI=1S/C14H10Cl2F2O/c1-7-2-5-11(17)12(13(7)18)14(19)8-3-4-9(15)10(16)6-8/h2-6,14,19H,1H3. The zero-order valence-electron chi connectivity index (χ0n) is 9.92. The van der Waals surface area contributed by atoms with Crippen molar-refractivity contribution in [2.75, 3.05) is 0 Å². The maximum Gasteiger partial charge on any atom is 0.135 e. The van der Waals surface area contributed by atoms with Crippen LogP contribution in [-0.4, -0.2) is 5.11 Å². The Kier molecular flexibility index (Phi) is 4.09. The highest BCUT2D eigenvalue weighted by Gasteiger charge is 2.21. The van der Waals surface area contributed by atoms with Crippen LogP contribution in [0, 0.1) is 18.6 Å². The van der Waals surface area contributed by atoms with Crippen LogP contribution in [0.15, 0.2) is 30.3 Å². The minimum Gasteiger partial charge on any atom is -0.383 e. The van der Waals surface area contributed by atoms with Gasteiger partial charge in [0.25, 0.3) is 0 Å². The lowest BCUT2D eigenvalue weighted by Crippen LogP contribution is -2.07. The average Bonchev–Trinajstić information content (AvgIpc) is 2.37. The Morgan fingerprint density at radius 3 is 2.37 bits per heavy atom. The lowest BCUT2D eigenvalue weighted by Gasteiger charge is -2.15. The van der Waals surface area contributed by atoms with Crippen LogP contribution in [0.1, 0.15) is 22.8 Å². The second-order valence-corrected chi connectivity index (χ2v) is 4.98. The maximum atomic E-state index is 13.9. The highest BCUT2D eigenvalue weighted by molar-refractivity contribution is 6.42. The first kappa shape index (κ1) is 14.3. The summed E-state index contributed by atoms with van der Waals surface area (Å²) in [5.74, 6) is -1.57. The Hall–Kier alpha value is -1.16. The Labute approximate surface area is 119 Å². The number of halogens is 4. The van der Waals surface area contributed by atoms with Gasteiger partial charge in [-0.2, -0.15) is 0 Å². The Bertz CT molecular complexity index is 629. The first-order valence-electron chi connectivity index (χ1n) is 5.49. The van der Waals surface area contributed by atoms with Gasteiger partial charge in [-0.25, -0.2) is 8.78 Å². The van der Waals surface area contributed by atoms with Gasteiger partial charge in [0.1, 0.15) is 17.7 Å². The molecule has 0 aliphatic heterocycles. The second kappa shape index (κ2) is 5.45. The molecule has 2 aromatic carbocycles. The minimum atomic E-state index is -1.44. The molecule has 100 valence electrons. The molecule has 19 heavy (non-hydrogen) atoms. The van der Waals surface area contributed by atoms with Crippen molar-refractivity contribution in [3.8, 4) is 0 Å². The largest absolute Gasteiger partial charge is 0.383 e. The van der Waals surface area contributed by atoms with E-state index in [1.807, 2.05) is 0 Å². The van der Waals surface area contributed by atoms with Gasteiger partial charge in [0, 0.05) is 0 Å². The Morgan fingerprint density at radius 2 is 1.74 bits per heavy atom. The summed E-state index contributed by atoms with van der Waals surface area (Å²) in [5.41, 5.74) is 0.145. The van der Waals surface area contributed by atoms with E-state index < -0.39 is 23.3 Å². The smallest absolute Gasteiger partial charge is 0.135 e. The zero-order chi connectivity index (χ0) is 14.2. The van der Waals surface area contributed by atoms with Gasteiger partial charge in [0.05, 0.1) is 15.6 Å². The van der Waals surface area contributed by atoms with Gasteiger partial charge in [0.15, 0.2) is 0 Å². The molecule has 2 rings (SSSR count). The molecule has 0 aromatic heterocycles. The summed E-state index contributed by atoms with van der Waals surface area (Å²) in [6.45, 7) is 1.50. The number of aryl methyl sites for hydroxylation is 1. The van der Waals surface area contributed by atoms with Gasteiger partial charge in [0.2, 0.25) is 0 Å². The molecule has 0 saturated heterocycles. The third kappa shape index (κ3) is 2.73. The van der Waals surface area contributed by atoms with E-state index in [2.05, 4.69) is 0 Å². The average molecular weight is 303 g/mol. The van der Waals surface area contributed by atoms with Crippen LogP contribution in [0.5, 0.6) is 0 Å². The molecule has 0 radical (unpaired) electrons. The van der Waals surface area contributed by atoms with Gasteiger partial charge < -0.3 is 5.11 Å². The number of hydrogen-bond acceptors (Lipinski definition) is 1. The fraction of sp³-hybridized carbons (Fsp3) is 0.143. The summed E-state index contributed by atoms with van der Waals surface area (Å²) in [6.07, 6.45) is -1.44. The molecule has 2 aromatic rings. The SMILES string of the molecule is Cc1ccc(F)c(C(O)c2ccc(Cl)c(Cl)c2)c1F. The molecule has 0 fully saturated rings. The van der Waals surface area contributed by atoms with Crippen molar-refractivity contribution < 1.29 is 13.9 Å².